The predicted octanol–water partition coefficient (Wildman–Crippen LogP) is 2.05. The van der Waals surface area contributed by atoms with Crippen LogP contribution in [-0.4, -0.2) is 23.2 Å². The van der Waals surface area contributed by atoms with Crippen molar-refractivity contribution < 1.29 is 14.6 Å². The predicted molar refractivity (Wildman–Crippen MR) is 63.7 cm³/mol. The molecule has 1 aromatic heterocycles. The zero-order valence-electron chi connectivity index (χ0n) is 9.51. The Labute approximate surface area is 98.9 Å². The lowest BCUT2D eigenvalue weighted by Crippen LogP contribution is -2.02. The molecular formula is C13H13NO3. The number of carbonyl (C=O) groups excluding carboxylic acids is 1. The van der Waals surface area contributed by atoms with Gasteiger partial charge in [0.25, 0.3) is 0 Å². The minimum absolute atomic E-state index is 0.155. The van der Waals surface area contributed by atoms with E-state index in [-0.39, 0.29) is 11.7 Å². The highest BCUT2D eigenvalue weighted by atomic mass is 16.5. The van der Waals surface area contributed by atoms with Gasteiger partial charge < -0.3 is 9.84 Å². The van der Waals surface area contributed by atoms with Crippen LogP contribution >= 0.6 is 0 Å². The molecule has 2 rings (SSSR count). The van der Waals surface area contributed by atoms with E-state index in [0.717, 1.165) is 10.9 Å². The maximum atomic E-state index is 11.1. The fourth-order valence-corrected chi connectivity index (χ4v) is 1.77. The van der Waals surface area contributed by atoms with Crippen LogP contribution in [0.1, 0.15) is 12.0 Å². The summed E-state index contributed by atoms with van der Waals surface area (Å²) >= 11 is 0. The number of fused-ring (bicyclic) bond motifs is 1. The van der Waals surface area contributed by atoms with Gasteiger partial charge in [0.05, 0.1) is 7.11 Å². The highest BCUT2D eigenvalue weighted by Crippen LogP contribution is 2.26. The van der Waals surface area contributed by atoms with Crippen LogP contribution in [0, 0.1) is 0 Å². The normalized spacial score (nSPS) is 10.4. The Bertz CT molecular complexity index is 551. The molecule has 4 nitrogen and oxygen atoms in total. The Morgan fingerprint density at radius 1 is 1.41 bits per heavy atom. The quantitative estimate of drug-likeness (QED) is 0.821. The van der Waals surface area contributed by atoms with Crippen molar-refractivity contribution in [3.8, 4) is 5.75 Å². The van der Waals surface area contributed by atoms with Crippen molar-refractivity contribution in [1.82, 2.24) is 4.98 Å². The fourth-order valence-electron chi connectivity index (χ4n) is 1.77. The summed E-state index contributed by atoms with van der Waals surface area (Å²) in [6.45, 7) is 0. The molecule has 1 aromatic carbocycles. The molecule has 0 aliphatic rings. The number of pyridine rings is 1. The SMILES string of the molecule is COC(=O)CCc1ccc(O)c2ncccc12. The Hall–Kier alpha value is -2.10. The molecule has 0 atom stereocenters. The zero-order chi connectivity index (χ0) is 12.3. The molecule has 0 spiro atoms. The molecule has 4 heteroatoms. The summed E-state index contributed by atoms with van der Waals surface area (Å²) in [5.74, 6) is -0.0856. The van der Waals surface area contributed by atoms with E-state index < -0.39 is 0 Å². The number of benzene rings is 1. The number of carbonyl (C=O) groups is 1. The van der Waals surface area contributed by atoms with E-state index in [2.05, 4.69) is 9.72 Å². The first-order valence-electron chi connectivity index (χ1n) is 5.35. The molecule has 1 heterocycles. The number of rotatable bonds is 3. The maximum Gasteiger partial charge on any atom is 0.305 e. The number of aryl methyl sites for hydroxylation is 1. The molecule has 0 fully saturated rings. The van der Waals surface area contributed by atoms with E-state index in [4.69, 9.17) is 0 Å². The van der Waals surface area contributed by atoms with Crippen molar-refractivity contribution in [1.29, 1.82) is 0 Å². The van der Waals surface area contributed by atoms with Crippen LogP contribution in [0.3, 0.4) is 0 Å². The Kier molecular flexibility index (Phi) is 3.23. The third-order valence-corrected chi connectivity index (χ3v) is 2.66. The minimum atomic E-state index is -0.241. The number of phenolic OH excluding ortho intramolecular Hbond substituents is 1. The van der Waals surface area contributed by atoms with Gasteiger partial charge in [0.15, 0.2) is 0 Å². The number of hydrogen-bond donors (Lipinski definition) is 1. The summed E-state index contributed by atoms with van der Waals surface area (Å²) in [5, 5.41) is 10.5. The van der Waals surface area contributed by atoms with Gasteiger partial charge in [-0.05, 0) is 24.1 Å². The molecule has 0 unspecified atom stereocenters. The number of aromatic hydroxyl groups is 1. The van der Waals surface area contributed by atoms with E-state index in [1.807, 2.05) is 18.2 Å². The van der Waals surface area contributed by atoms with Crippen LogP contribution in [-0.2, 0) is 16.0 Å². The first-order chi connectivity index (χ1) is 8.22. The van der Waals surface area contributed by atoms with E-state index in [9.17, 15) is 9.90 Å². The van der Waals surface area contributed by atoms with E-state index in [1.54, 1.807) is 12.3 Å². The van der Waals surface area contributed by atoms with Gasteiger partial charge in [-0.3, -0.25) is 9.78 Å². The van der Waals surface area contributed by atoms with Gasteiger partial charge in [-0.2, -0.15) is 0 Å². The molecule has 0 saturated carbocycles. The maximum absolute atomic E-state index is 11.1. The van der Waals surface area contributed by atoms with Crippen molar-refractivity contribution in [3.05, 3.63) is 36.0 Å². The molecule has 17 heavy (non-hydrogen) atoms. The van der Waals surface area contributed by atoms with Gasteiger partial charge in [0.2, 0.25) is 0 Å². The molecular weight excluding hydrogens is 218 g/mol. The number of esters is 1. The topological polar surface area (TPSA) is 59.4 Å². The lowest BCUT2D eigenvalue weighted by molar-refractivity contribution is -0.140. The Morgan fingerprint density at radius 3 is 3.00 bits per heavy atom. The monoisotopic (exact) mass is 231 g/mol. The highest BCUT2D eigenvalue weighted by Gasteiger charge is 2.08. The average Bonchev–Trinajstić information content (AvgIpc) is 2.38. The molecule has 0 aliphatic heterocycles. The number of methoxy groups -OCH3 is 1. The van der Waals surface area contributed by atoms with Gasteiger partial charge in [-0.1, -0.05) is 12.1 Å². The van der Waals surface area contributed by atoms with Crippen LogP contribution in [0.5, 0.6) is 5.75 Å². The van der Waals surface area contributed by atoms with Gasteiger partial charge in [-0.25, -0.2) is 0 Å². The smallest absolute Gasteiger partial charge is 0.305 e. The second-order valence-electron chi connectivity index (χ2n) is 3.72. The van der Waals surface area contributed by atoms with Crippen molar-refractivity contribution in [2.45, 2.75) is 12.8 Å². The molecule has 0 amide bonds. The highest BCUT2D eigenvalue weighted by molar-refractivity contribution is 5.87. The third-order valence-electron chi connectivity index (χ3n) is 2.66. The Balaban J connectivity index is 2.35. The summed E-state index contributed by atoms with van der Waals surface area (Å²) in [4.78, 5) is 15.2. The average molecular weight is 231 g/mol. The second-order valence-corrected chi connectivity index (χ2v) is 3.72. The lowest BCUT2D eigenvalue weighted by Gasteiger charge is -2.06. The van der Waals surface area contributed by atoms with Gasteiger partial charge in [-0.15, -0.1) is 0 Å². The van der Waals surface area contributed by atoms with Gasteiger partial charge in [0, 0.05) is 18.0 Å². The van der Waals surface area contributed by atoms with Crippen molar-refractivity contribution >= 4 is 16.9 Å². The first-order valence-corrected chi connectivity index (χ1v) is 5.35. The second kappa shape index (κ2) is 4.82. The number of aromatic nitrogens is 1. The van der Waals surface area contributed by atoms with Crippen LogP contribution in [0.15, 0.2) is 30.5 Å². The van der Waals surface area contributed by atoms with Gasteiger partial charge in [0.1, 0.15) is 11.3 Å². The molecule has 2 aromatic rings. The standard InChI is InChI=1S/C13H13NO3/c1-17-12(16)7-5-9-4-6-11(15)13-10(9)3-2-8-14-13/h2-4,6,8,15H,5,7H2,1H3. The summed E-state index contributed by atoms with van der Waals surface area (Å²) in [5.41, 5.74) is 1.55. The molecule has 0 bridgehead atoms. The minimum Gasteiger partial charge on any atom is -0.506 e. The number of ether oxygens (including phenoxy) is 1. The summed E-state index contributed by atoms with van der Waals surface area (Å²) in [7, 11) is 1.37. The fraction of sp³-hybridized carbons (Fsp3) is 0.231. The first kappa shape index (κ1) is 11.4. The van der Waals surface area contributed by atoms with Crippen LogP contribution in [0.4, 0.5) is 0 Å². The zero-order valence-corrected chi connectivity index (χ0v) is 9.51. The van der Waals surface area contributed by atoms with Crippen molar-refractivity contribution in [2.75, 3.05) is 7.11 Å². The molecule has 0 aliphatic carbocycles. The van der Waals surface area contributed by atoms with Crippen molar-refractivity contribution in [3.63, 3.8) is 0 Å². The summed E-state index contributed by atoms with van der Waals surface area (Å²) in [6, 6.07) is 7.10. The molecule has 0 radical (unpaired) electrons. The van der Waals surface area contributed by atoms with Crippen LogP contribution in [0.2, 0.25) is 0 Å². The summed E-state index contributed by atoms with van der Waals surface area (Å²) in [6.07, 6.45) is 2.53. The largest absolute Gasteiger partial charge is 0.506 e. The number of nitrogens with zero attached hydrogens (tertiary/aromatic N) is 1. The van der Waals surface area contributed by atoms with Crippen LogP contribution in [0.25, 0.3) is 10.9 Å². The molecule has 88 valence electrons. The van der Waals surface area contributed by atoms with E-state index in [1.165, 1.54) is 7.11 Å². The third kappa shape index (κ3) is 2.36. The van der Waals surface area contributed by atoms with E-state index in [0.29, 0.717) is 18.4 Å². The summed E-state index contributed by atoms with van der Waals surface area (Å²) < 4.78 is 4.60. The number of phenols is 1. The van der Waals surface area contributed by atoms with Gasteiger partial charge >= 0.3 is 5.97 Å². The van der Waals surface area contributed by atoms with E-state index >= 15 is 0 Å². The lowest BCUT2D eigenvalue weighted by atomic mass is 10.0. The Morgan fingerprint density at radius 2 is 2.24 bits per heavy atom. The van der Waals surface area contributed by atoms with Crippen LogP contribution < -0.4 is 0 Å². The number of hydrogen-bond acceptors (Lipinski definition) is 4. The molecule has 1 N–H and O–H groups in total. The molecule has 0 saturated heterocycles. The van der Waals surface area contributed by atoms with Crippen molar-refractivity contribution in [2.24, 2.45) is 0 Å².